The Kier molecular flexibility index (Phi) is 4.88. The van der Waals surface area contributed by atoms with Crippen LogP contribution in [-0.4, -0.2) is 20.8 Å². The van der Waals surface area contributed by atoms with E-state index in [0.717, 1.165) is 22.2 Å². The lowest BCUT2D eigenvalue weighted by Crippen LogP contribution is -2.30. The molecular weight excluding hydrogens is 334 g/mol. The standard InChI is InChI=1S/C23H19N3O/c27-23(20-12-11-18-7-1-2-8-19(18)15-20)26(16-21-9-3-5-13-24-21)17-22-10-4-6-14-25-22/h1-15H,16-17H2. The van der Waals surface area contributed by atoms with Crippen LogP contribution in [0.1, 0.15) is 21.7 Å². The number of fused-ring (bicyclic) bond motifs is 1. The van der Waals surface area contributed by atoms with E-state index in [1.54, 1.807) is 17.3 Å². The molecule has 0 bridgehead atoms. The number of benzene rings is 2. The number of carbonyl (C=O) groups excluding carboxylic acids is 1. The summed E-state index contributed by atoms with van der Waals surface area (Å²) in [6, 6.07) is 25.3. The van der Waals surface area contributed by atoms with Crippen LogP contribution in [0.25, 0.3) is 10.8 Å². The van der Waals surface area contributed by atoms with Crippen molar-refractivity contribution >= 4 is 16.7 Å². The summed E-state index contributed by atoms with van der Waals surface area (Å²) in [5.41, 5.74) is 2.37. The van der Waals surface area contributed by atoms with Crippen LogP contribution < -0.4 is 0 Å². The first-order valence-corrected chi connectivity index (χ1v) is 8.87. The molecule has 2 aromatic carbocycles. The zero-order chi connectivity index (χ0) is 18.5. The van der Waals surface area contributed by atoms with E-state index in [9.17, 15) is 4.79 Å². The molecule has 4 heteroatoms. The van der Waals surface area contributed by atoms with Gasteiger partial charge in [-0.2, -0.15) is 0 Å². The summed E-state index contributed by atoms with van der Waals surface area (Å²) in [4.78, 5) is 23.8. The van der Waals surface area contributed by atoms with Crippen molar-refractivity contribution in [2.75, 3.05) is 0 Å². The smallest absolute Gasteiger partial charge is 0.254 e. The van der Waals surface area contributed by atoms with Gasteiger partial charge in [-0.25, -0.2) is 0 Å². The Morgan fingerprint density at radius 1 is 0.704 bits per heavy atom. The number of hydrogen-bond donors (Lipinski definition) is 0. The highest BCUT2D eigenvalue weighted by Gasteiger charge is 2.18. The van der Waals surface area contributed by atoms with E-state index in [1.807, 2.05) is 78.9 Å². The predicted octanol–water partition coefficient (Wildman–Crippen LogP) is 4.47. The zero-order valence-corrected chi connectivity index (χ0v) is 14.8. The van der Waals surface area contributed by atoms with Crippen molar-refractivity contribution in [3.8, 4) is 0 Å². The van der Waals surface area contributed by atoms with Crippen LogP contribution in [0.5, 0.6) is 0 Å². The number of nitrogens with zero attached hydrogens (tertiary/aromatic N) is 3. The summed E-state index contributed by atoms with van der Waals surface area (Å²) in [5, 5.41) is 2.18. The fraction of sp³-hybridized carbons (Fsp3) is 0.0870. The average Bonchev–Trinajstić information content (AvgIpc) is 2.74. The monoisotopic (exact) mass is 353 g/mol. The average molecular weight is 353 g/mol. The number of amides is 1. The molecule has 2 aromatic heterocycles. The highest BCUT2D eigenvalue weighted by Crippen LogP contribution is 2.18. The number of rotatable bonds is 5. The maximum Gasteiger partial charge on any atom is 0.254 e. The molecule has 0 saturated carbocycles. The van der Waals surface area contributed by atoms with E-state index in [2.05, 4.69) is 9.97 Å². The Balaban J connectivity index is 1.66. The second-order valence-corrected chi connectivity index (χ2v) is 6.37. The third-order valence-corrected chi connectivity index (χ3v) is 4.44. The summed E-state index contributed by atoms with van der Waals surface area (Å²) < 4.78 is 0. The largest absolute Gasteiger partial charge is 0.327 e. The van der Waals surface area contributed by atoms with Crippen molar-refractivity contribution in [2.24, 2.45) is 0 Å². The van der Waals surface area contributed by atoms with Crippen molar-refractivity contribution in [1.29, 1.82) is 0 Å². The van der Waals surface area contributed by atoms with E-state index in [1.165, 1.54) is 0 Å². The van der Waals surface area contributed by atoms with Crippen molar-refractivity contribution in [3.63, 3.8) is 0 Å². The number of carbonyl (C=O) groups is 1. The van der Waals surface area contributed by atoms with E-state index in [4.69, 9.17) is 0 Å². The first-order valence-electron chi connectivity index (χ1n) is 8.87. The van der Waals surface area contributed by atoms with Crippen LogP contribution >= 0.6 is 0 Å². The van der Waals surface area contributed by atoms with Gasteiger partial charge in [0.15, 0.2) is 0 Å². The van der Waals surface area contributed by atoms with Gasteiger partial charge in [-0.15, -0.1) is 0 Å². The third kappa shape index (κ3) is 4.01. The molecule has 0 radical (unpaired) electrons. The zero-order valence-electron chi connectivity index (χ0n) is 14.8. The molecule has 0 saturated heterocycles. The summed E-state index contributed by atoms with van der Waals surface area (Å²) >= 11 is 0. The second-order valence-electron chi connectivity index (χ2n) is 6.37. The molecule has 0 N–H and O–H groups in total. The Bertz CT molecular complexity index is 1010. The van der Waals surface area contributed by atoms with Gasteiger partial charge in [0, 0.05) is 18.0 Å². The van der Waals surface area contributed by atoms with Gasteiger partial charge in [0.1, 0.15) is 0 Å². The second kappa shape index (κ2) is 7.79. The Labute approximate surface area is 158 Å². The first kappa shape index (κ1) is 16.9. The molecular formula is C23H19N3O. The fourth-order valence-corrected chi connectivity index (χ4v) is 3.08. The van der Waals surface area contributed by atoms with Crippen LogP contribution in [0.2, 0.25) is 0 Å². The summed E-state index contributed by atoms with van der Waals surface area (Å²) in [6.07, 6.45) is 3.49. The van der Waals surface area contributed by atoms with Crippen LogP contribution in [0.4, 0.5) is 0 Å². The number of hydrogen-bond acceptors (Lipinski definition) is 3. The minimum Gasteiger partial charge on any atom is -0.327 e. The van der Waals surface area contributed by atoms with Crippen molar-refractivity contribution in [3.05, 3.63) is 108 Å². The molecule has 4 aromatic rings. The molecule has 1 amide bonds. The summed E-state index contributed by atoms with van der Waals surface area (Å²) in [7, 11) is 0. The molecule has 0 fully saturated rings. The lowest BCUT2D eigenvalue weighted by molar-refractivity contribution is 0.0726. The van der Waals surface area contributed by atoms with Gasteiger partial charge < -0.3 is 4.90 Å². The number of pyridine rings is 2. The summed E-state index contributed by atoms with van der Waals surface area (Å²) in [6.45, 7) is 0.867. The van der Waals surface area contributed by atoms with Gasteiger partial charge in [-0.3, -0.25) is 14.8 Å². The Morgan fingerprint density at radius 3 is 1.89 bits per heavy atom. The predicted molar refractivity (Wildman–Crippen MR) is 106 cm³/mol. The maximum atomic E-state index is 13.3. The molecule has 4 nitrogen and oxygen atoms in total. The van der Waals surface area contributed by atoms with Gasteiger partial charge in [0.05, 0.1) is 24.5 Å². The van der Waals surface area contributed by atoms with Crippen molar-refractivity contribution in [2.45, 2.75) is 13.1 Å². The highest BCUT2D eigenvalue weighted by molar-refractivity contribution is 5.98. The van der Waals surface area contributed by atoms with Gasteiger partial charge >= 0.3 is 0 Å². The number of aromatic nitrogens is 2. The minimum atomic E-state index is -0.0305. The van der Waals surface area contributed by atoms with Gasteiger partial charge in [-0.05, 0) is 47.2 Å². The lowest BCUT2D eigenvalue weighted by atomic mass is 10.1. The van der Waals surface area contributed by atoms with E-state index < -0.39 is 0 Å². The highest BCUT2D eigenvalue weighted by atomic mass is 16.2. The Morgan fingerprint density at radius 2 is 1.30 bits per heavy atom. The van der Waals surface area contributed by atoms with E-state index in [0.29, 0.717) is 18.7 Å². The summed E-state index contributed by atoms with van der Waals surface area (Å²) in [5.74, 6) is -0.0305. The SMILES string of the molecule is O=C(c1ccc2ccccc2c1)N(Cc1ccccn1)Cc1ccccn1. The molecule has 2 heterocycles. The molecule has 132 valence electrons. The topological polar surface area (TPSA) is 46.1 Å². The Hall–Kier alpha value is -3.53. The van der Waals surface area contributed by atoms with Crippen LogP contribution in [0.3, 0.4) is 0 Å². The van der Waals surface area contributed by atoms with E-state index >= 15 is 0 Å². The van der Waals surface area contributed by atoms with Gasteiger partial charge in [-0.1, -0.05) is 42.5 Å². The maximum absolute atomic E-state index is 13.3. The molecule has 0 aliphatic rings. The molecule has 0 spiro atoms. The third-order valence-electron chi connectivity index (χ3n) is 4.44. The van der Waals surface area contributed by atoms with Crippen molar-refractivity contribution < 1.29 is 4.79 Å². The van der Waals surface area contributed by atoms with Crippen molar-refractivity contribution in [1.82, 2.24) is 14.9 Å². The molecule has 4 rings (SSSR count). The normalized spacial score (nSPS) is 10.7. The van der Waals surface area contributed by atoms with Crippen LogP contribution in [-0.2, 0) is 13.1 Å². The van der Waals surface area contributed by atoms with Crippen LogP contribution in [0, 0.1) is 0 Å². The first-order chi connectivity index (χ1) is 13.3. The van der Waals surface area contributed by atoms with Gasteiger partial charge in [0.2, 0.25) is 0 Å². The molecule has 0 aliphatic heterocycles. The van der Waals surface area contributed by atoms with E-state index in [-0.39, 0.29) is 5.91 Å². The molecule has 0 unspecified atom stereocenters. The quantitative estimate of drug-likeness (QED) is 0.532. The molecule has 27 heavy (non-hydrogen) atoms. The minimum absolute atomic E-state index is 0.0305. The fourth-order valence-electron chi connectivity index (χ4n) is 3.08. The van der Waals surface area contributed by atoms with Crippen LogP contribution in [0.15, 0.2) is 91.3 Å². The molecule has 0 atom stereocenters. The van der Waals surface area contributed by atoms with Gasteiger partial charge in [0.25, 0.3) is 5.91 Å². The molecule has 0 aliphatic carbocycles. The lowest BCUT2D eigenvalue weighted by Gasteiger charge is -2.22.